The van der Waals surface area contributed by atoms with Crippen molar-refractivity contribution in [3.8, 4) is 0 Å². The molecule has 7 nitrogen and oxygen atoms in total. The zero-order valence-corrected chi connectivity index (χ0v) is 19.7. The van der Waals surface area contributed by atoms with E-state index in [0.29, 0.717) is 25.7 Å². The van der Waals surface area contributed by atoms with Gasteiger partial charge >= 0.3 is 11.6 Å². The Labute approximate surface area is 194 Å². The molecule has 4 fully saturated rings. The van der Waals surface area contributed by atoms with Crippen LogP contribution in [0.1, 0.15) is 77.2 Å². The van der Waals surface area contributed by atoms with E-state index in [2.05, 4.69) is 13.8 Å². The largest absolute Gasteiger partial charge is 0.462 e. The summed E-state index contributed by atoms with van der Waals surface area (Å²) in [4.78, 5) is 23.6. The second kappa shape index (κ2) is 7.65. The van der Waals surface area contributed by atoms with Crippen LogP contribution in [0.4, 0.5) is 0 Å². The average molecular weight is 461 g/mol. The molecule has 33 heavy (non-hydrogen) atoms. The van der Waals surface area contributed by atoms with Crippen molar-refractivity contribution in [2.24, 2.45) is 28.6 Å². The summed E-state index contributed by atoms with van der Waals surface area (Å²) in [5.74, 6) is -0.365. The second-order valence-electron chi connectivity index (χ2n) is 11.6. The highest BCUT2D eigenvalue weighted by molar-refractivity contribution is 5.66. The van der Waals surface area contributed by atoms with Crippen LogP contribution in [-0.4, -0.2) is 45.2 Å². The third kappa shape index (κ3) is 3.18. The Kier molecular flexibility index (Phi) is 5.35. The highest BCUT2D eigenvalue weighted by Crippen LogP contribution is 2.70. The van der Waals surface area contributed by atoms with Crippen LogP contribution >= 0.6 is 0 Å². The predicted molar refractivity (Wildman–Crippen MR) is 119 cm³/mol. The van der Waals surface area contributed by atoms with Crippen LogP contribution in [0, 0.1) is 28.6 Å². The van der Waals surface area contributed by atoms with Gasteiger partial charge in [-0.15, -0.1) is 0 Å². The first-order valence-corrected chi connectivity index (χ1v) is 12.3. The van der Waals surface area contributed by atoms with E-state index in [1.54, 1.807) is 6.07 Å². The molecule has 0 aliphatic heterocycles. The molecule has 5 rings (SSSR count). The van der Waals surface area contributed by atoms with Crippen molar-refractivity contribution in [1.29, 1.82) is 0 Å². The van der Waals surface area contributed by atoms with Crippen molar-refractivity contribution >= 4 is 5.97 Å². The fourth-order valence-corrected chi connectivity index (χ4v) is 8.73. The summed E-state index contributed by atoms with van der Waals surface area (Å²) in [5.41, 5.74) is -1.69. The minimum Gasteiger partial charge on any atom is -0.462 e. The van der Waals surface area contributed by atoms with Crippen LogP contribution in [0.3, 0.4) is 0 Å². The lowest BCUT2D eigenvalue weighted by Crippen LogP contribution is -2.64. The SMILES string of the molecule is CC(=O)O[C@H]1C[C@]2(O)[C@@H]3CCC4C[C@@H](O)C[C@@H](O)[C@]4(C)[C@H]3CC[C@]2(C)[C@H]1c1ccc(=O)oc1. The smallest absolute Gasteiger partial charge is 0.335 e. The van der Waals surface area contributed by atoms with Crippen molar-refractivity contribution in [2.45, 2.75) is 95.5 Å². The predicted octanol–water partition coefficient (Wildman–Crippen LogP) is 2.75. The molecule has 1 aromatic heterocycles. The standard InChI is InChI=1S/C26H36O7/c1-14(27)33-20-12-26(31)19-6-5-16-10-17(28)11-21(29)25(16,3)18(19)8-9-24(26,2)23(20)15-4-7-22(30)32-13-15/h4,7,13,16-21,23,28-29,31H,5-6,8-12H2,1-3H3/t16?,17-,18+,19-,20+,21-,23+,24-,25+,26+/m1/s1. The molecule has 0 bridgehead atoms. The lowest BCUT2D eigenvalue weighted by molar-refractivity contribution is -0.229. The quantitative estimate of drug-likeness (QED) is 0.581. The van der Waals surface area contributed by atoms with Gasteiger partial charge in [-0.05, 0) is 73.3 Å². The number of fused-ring (bicyclic) bond motifs is 5. The zero-order chi connectivity index (χ0) is 23.8. The van der Waals surface area contributed by atoms with E-state index in [4.69, 9.17) is 9.15 Å². The van der Waals surface area contributed by atoms with Gasteiger partial charge in [-0.2, -0.15) is 0 Å². The van der Waals surface area contributed by atoms with Gasteiger partial charge in [0, 0.05) is 30.7 Å². The molecule has 4 saturated carbocycles. The summed E-state index contributed by atoms with van der Waals surface area (Å²) in [6.45, 7) is 5.62. The summed E-state index contributed by atoms with van der Waals surface area (Å²) in [7, 11) is 0. The van der Waals surface area contributed by atoms with Gasteiger partial charge in [0.1, 0.15) is 6.10 Å². The molecular weight excluding hydrogens is 424 g/mol. The fraction of sp³-hybridized carbons (Fsp3) is 0.769. The number of hydrogen-bond donors (Lipinski definition) is 3. The highest BCUT2D eigenvalue weighted by atomic mass is 16.5. The molecular formula is C26H36O7. The van der Waals surface area contributed by atoms with Gasteiger partial charge in [0.2, 0.25) is 0 Å². The minimum atomic E-state index is -1.08. The van der Waals surface area contributed by atoms with Crippen LogP contribution in [0.15, 0.2) is 27.6 Å². The van der Waals surface area contributed by atoms with Gasteiger partial charge in [-0.1, -0.05) is 13.8 Å². The molecule has 7 heteroatoms. The molecule has 10 atom stereocenters. The van der Waals surface area contributed by atoms with Crippen LogP contribution in [-0.2, 0) is 9.53 Å². The van der Waals surface area contributed by atoms with Crippen LogP contribution in [0.2, 0.25) is 0 Å². The maximum Gasteiger partial charge on any atom is 0.335 e. The number of carbonyl (C=O) groups excluding carboxylic acids is 1. The van der Waals surface area contributed by atoms with Gasteiger partial charge < -0.3 is 24.5 Å². The van der Waals surface area contributed by atoms with E-state index in [0.717, 1.165) is 24.8 Å². The number of esters is 1. The molecule has 1 unspecified atom stereocenters. The van der Waals surface area contributed by atoms with Crippen LogP contribution in [0.25, 0.3) is 0 Å². The molecule has 1 heterocycles. The Bertz CT molecular complexity index is 969. The van der Waals surface area contributed by atoms with E-state index in [1.807, 2.05) is 0 Å². The molecule has 0 aromatic carbocycles. The Morgan fingerprint density at radius 1 is 1.12 bits per heavy atom. The number of carbonyl (C=O) groups is 1. The molecule has 182 valence electrons. The number of aliphatic hydroxyl groups excluding tert-OH is 2. The highest BCUT2D eigenvalue weighted by Gasteiger charge is 2.71. The first-order chi connectivity index (χ1) is 15.5. The van der Waals surface area contributed by atoms with Crippen molar-refractivity contribution in [3.05, 3.63) is 34.4 Å². The van der Waals surface area contributed by atoms with E-state index in [-0.39, 0.29) is 29.1 Å². The minimum absolute atomic E-state index is 0.0406. The van der Waals surface area contributed by atoms with Gasteiger partial charge in [-0.3, -0.25) is 4.79 Å². The van der Waals surface area contributed by atoms with Gasteiger partial charge in [0.25, 0.3) is 0 Å². The monoisotopic (exact) mass is 460 g/mol. The second-order valence-corrected chi connectivity index (χ2v) is 11.6. The summed E-state index contributed by atoms with van der Waals surface area (Å²) in [6.07, 6.45) is 4.50. The van der Waals surface area contributed by atoms with E-state index in [1.165, 1.54) is 19.3 Å². The summed E-state index contributed by atoms with van der Waals surface area (Å²) >= 11 is 0. The molecule has 0 amide bonds. The van der Waals surface area contributed by atoms with E-state index >= 15 is 0 Å². The normalized spacial score (nSPS) is 49.0. The Morgan fingerprint density at radius 2 is 1.88 bits per heavy atom. The van der Waals surface area contributed by atoms with E-state index < -0.39 is 40.9 Å². The van der Waals surface area contributed by atoms with Crippen molar-refractivity contribution in [2.75, 3.05) is 0 Å². The Morgan fingerprint density at radius 3 is 2.55 bits per heavy atom. The van der Waals surface area contributed by atoms with Crippen molar-refractivity contribution in [1.82, 2.24) is 0 Å². The number of rotatable bonds is 2. The number of hydrogen-bond acceptors (Lipinski definition) is 7. The summed E-state index contributed by atoms with van der Waals surface area (Å²) < 4.78 is 10.9. The molecule has 3 N–H and O–H groups in total. The van der Waals surface area contributed by atoms with Gasteiger partial charge in [-0.25, -0.2) is 4.79 Å². The zero-order valence-electron chi connectivity index (χ0n) is 19.7. The van der Waals surface area contributed by atoms with Gasteiger partial charge in [0.15, 0.2) is 0 Å². The maximum absolute atomic E-state index is 12.5. The van der Waals surface area contributed by atoms with Crippen LogP contribution < -0.4 is 5.63 Å². The summed E-state index contributed by atoms with van der Waals surface area (Å²) in [5, 5.41) is 33.9. The fourth-order valence-electron chi connectivity index (χ4n) is 8.73. The maximum atomic E-state index is 12.5. The molecule has 0 radical (unpaired) electrons. The molecule has 0 spiro atoms. The van der Waals surface area contributed by atoms with Gasteiger partial charge in [0.05, 0.1) is 24.1 Å². The topological polar surface area (TPSA) is 117 Å². The molecule has 1 aromatic rings. The van der Waals surface area contributed by atoms with Crippen molar-refractivity contribution < 1.29 is 29.3 Å². The van der Waals surface area contributed by atoms with Crippen molar-refractivity contribution in [3.63, 3.8) is 0 Å². The molecule has 4 aliphatic rings. The van der Waals surface area contributed by atoms with E-state index in [9.17, 15) is 24.9 Å². The first kappa shape index (κ1) is 23.1. The lowest BCUT2D eigenvalue weighted by Gasteiger charge is -2.64. The molecule has 4 aliphatic carbocycles. The third-order valence-electron chi connectivity index (χ3n) is 10.3. The molecule has 0 saturated heterocycles. The van der Waals surface area contributed by atoms with Crippen LogP contribution in [0.5, 0.6) is 0 Å². The Balaban J connectivity index is 1.56. The summed E-state index contributed by atoms with van der Waals surface area (Å²) in [6, 6.07) is 3.10. The number of ether oxygens (including phenoxy) is 1. The average Bonchev–Trinajstić information content (AvgIpc) is 2.96. The first-order valence-electron chi connectivity index (χ1n) is 12.3. The lowest BCUT2D eigenvalue weighted by atomic mass is 9.42. The third-order valence-corrected chi connectivity index (χ3v) is 10.3. The number of aliphatic hydroxyl groups is 3. The Hall–Kier alpha value is -1.70.